The first-order valence-corrected chi connectivity index (χ1v) is 10.8. The average molecular weight is 437 g/mol. The molecule has 1 saturated heterocycles. The van der Waals surface area contributed by atoms with Crippen LogP contribution in [-0.2, 0) is 12.8 Å². The Hall–Kier alpha value is -3.12. The van der Waals surface area contributed by atoms with E-state index in [1.807, 2.05) is 48.7 Å². The van der Waals surface area contributed by atoms with Gasteiger partial charge in [-0.1, -0.05) is 29.8 Å². The lowest BCUT2D eigenvalue weighted by Gasteiger charge is -2.34. The molecule has 160 valence electrons. The quantitative estimate of drug-likeness (QED) is 0.587. The van der Waals surface area contributed by atoms with Gasteiger partial charge in [0.25, 0.3) is 0 Å². The average Bonchev–Trinajstić information content (AvgIpc) is 2.80. The third kappa shape index (κ3) is 5.52. The Morgan fingerprint density at radius 1 is 1.00 bits per heavy atom. The molecule has 1 aromatic carbocycles. The molecule has 1 aliphatic rings. The van der Waals surface area contributed by atoms with Gasteiger partial charge in [0.05, 0.1) is 5.02 Å². The second-order valence-electron chi connectivity index (χ2n) is 7.59. The molecule has 31 heavy (non-hydrogen) atoms. The van der Waals surface area contributed by atoms with Crippen molar-refractivity contribution < 1.29 is 9.53 Å². The zero-order chi connectivity index (χ0) is 21.6. The molecule has 1 fully saturated rings. The smallest absolute Gasteiger partial charge is 0.410 e. The van der Waals surface area contributed by atoms with Gasteiger partial charge in [0, 0.05) is 44.3 Å². The highest BCUT2D eigenvalue weighted by Gasteiger charge is 2.23. The van der Waals surface area contributed by atoms with Gasteiger partial charge in [0.15, 0.2) is 0 Å². The number of anilines is 1. The van der Waals surface area contributed by atoms with Crippen molar-refractivity contribution in [2.24, 2.45) is 0 Å². The van der Waals surface area contributed by atoms with Gasteiger partial charge >= 0.3 is 6.09 Å². The van der Waals surface area contributed by atoms with Crippen LogP contribution in [0.25, 0.3) is 0 Å². The van der Waals surface area contributed by atoms with E-state index in [1.165, 1.54) is 11.1 Å². The molecule has 0 bridgehead atoms. The first kappa shape index (κ1) is 21.1. The predicted molar refractivity (Wildman–Crippen MR) is 122 cm³/mol. The highest BCUT2D eigenvalue weighted by atomic mass is 35.5. The van der Waals surface area contributed by atoms with Gasteiger partial charge in [-0.2, -0.15) is 0 Å². The minimum atomic E-state index is -0.319. The fraction of sp³-hybridized carbons (Fsp3) is 0.292. The number of hydrogen-bond donors (Lipinski definition) is 0. The van der Waals surface area contributed by atoms with Crippen molar-refractivity contribution in [3.63, 3.8) is 0 Å². The lowest BCUT2D eigenvalue weighted by atomic mass is 10.1. The Kier molecular flexibility index (Phi) is 6.67. The number of rotatable bonds is 5. The Balaban J connectivity index is 1.26. The van der Waals surface area contributed by atoms with Crippen molar-refractivity contribution >= 4 is 23.5 Å². The number of carbonyl (C=O) groups is 1. The highest BCUT2D eigenvalue weighted by molar-refractivity contribution is 6.30. The maximum Gasteiger partial charge on any atom is 0.415 e. The minimum absolute atomic E-state index is 0.319. The zero-order valence-corrected chi connectivity index (χ0v) is 18.3. The summed E-state index contributed by atoms with van der Waals surface area (Å²) in [7, 11) is 0. The lowest BCUT2D eigenvalue weighted by Crippen LogP contribution is -2.49. The maximum atomic E-state index is 12.5. The monoisotopic (exact) mass is 436 g/mol. The summed E-state index contributed by atoms with van der Waals surface area (Å²) in [5, 5.41) is 0.615. The number of hydrogen-bond acceptors (Lipinski definition) is 5. The molecule has 6 nitrogen and oxygen atoms in total. The Labute approximate surface area is 187 Å². The summed E-state index contributed by atoms with van der Waals surface area (Å²) in [4.78, 5) is 25.2. The molecule has 2 aromatic heterocycles. The number of pyridine rings is 2. The summed E-state index contributed by atoms with van der Waals surface area (Å²) in [5.74, 6) is 1.43. The van der Waals surface area contributed by atoms with Gasteiger partial charge in [0.1, 0.15) is 11.6 Å². The van der Waals surface area contributed by atoms with Crippen LogP contribution in [0.2, 0.25) is 5.02 Å². The highest BCUT2D eigenvalue weighted by Crippen LogP contribution is 2.18. The van der Waals surface area contributed by atoms with Gasteiger partial charge < -0.3 is 14.5 Å². The molecule has 1 amide bonds. The summed E-state index contributed by atoms with van der Waals surface area (Å²) >= 11 is 5.90. The van der Waals surface area contributed by atoms with Gasteiger partial charge in [-0.15, -0.1) is 0 Å². The SMILES string of the molecule is Cc1cccnc1CCc1ccc(OC(=O)N2CCN(c3ccc(Cl)cn3)CC2)cc1. The van der Waals surface area contributed by atoms with E-state index in [4.69, 9.17) is 16.3 Å². The van der Waals surface area contributed by atoms with E-state index in [0.717, 1.165) is 24.4 Å². The number of ether oxygens (including phenoxy) is 1. The number of aryl methyl sites for hydroxylation is 3. The molecule has 3 heterocycles. The van der Waals surface area contributed by atoms with Crippen molar-refractivity contribution in [1.29, 1.82) is 0 Å². The summed E-state index contributed by atoms with van der Waals surface area (Å²) in [5.41, 5.74) is 3.51. The Morgan fingerprint density at radius 3 is 2.45 bits per heavy atom. The maximum absolute atomic E-state index is 12.5. The topological polar surface area (TPSA) is 58.6 Å². The summed E-state index contributed by atoms with van der Waals surface area (Å²) in [6.45, 7) is 4.66. The van der Waals surface area contributed by atoms with Crippen LogP contribution in [-0.4, -0.2) is 47.1 Å². The molecule has 0 aliphatic carbocycles. The molecule has 0 saturated carbocycles. The van der Waals surface area contributed by atoms with Crippen molar-refractivity contribution in [1.82, 2.24) is 14.9 Å². The molecule has 4 rings (SSSR count). The standard InChI is InChI=1S/C24H25ClN4O2/c1-18-3-2-12-26-22(18)10-6-19-4-8-21(9-5-19)31-24(30)29-15-13-28(14-16-29)23-11-7-20(25)17-27-23/h2-5,7-9,11-12,17H,6,10,13-16H2,1H3. The van der Waals surface area contributed by atoms with E-state index in [1.54, 1.807) is 11.1 Å². The van der Waals surface area contributed by atoms with Crippen LogP contribution in [0.1, 0.15) is 16.8 Å². The largest absolute Gasteiger partial charge is 0.415 e. The molecule has 0 unspecified atom stereocenters. The summed E-state index contributed by atoms with van der Waals surface area (Å²) < 4.78 is 5.57. The normalized spacial score (nSPS) is 13.9. The zero-order valence-electron chi connectivity index (χ0n) is 17.5. The van der Waals surface area contributed by atoms with Gasteiger partial charge in [-0.05, 0) is 61.2 Å². The molecule has 3 aromatic rings. The molecule has 0 atom stereocenters. The second-order valence-corrected chi connectivity index (χ2v) is 8.02. The third-order valence-corrected chi connectivity index (χ3v) is 5.69. The summed E-state index contributed by atoms with van der Waals surface area (Å²) in [6, 6.07) is 15.5. The predicted octanol–water partition coefficient (Wildman–Crippen LogP) is 4.54. The van der Waals surface area contributed by atoms with E-state index in [2.05, 4.69) is 27.9 Å². The van der Waals surface area contributed by atoms with Gasteiger partial charge in [0.2, 0.25) is 0 Å². The molecular formula is C24H25ClN4O2. The van der Waals surface area contributed by atoms with Crippen molar-refractivity contribution in [2.45, 2.75) is 19.8 Å². The molecular weight excluding hydrogens is 412 g/mol. The van der Waals surface area contributed by atoms with Crippen LogP contribution >= 0.6 is 11.6 Å². The van der Waals surface area contributed by atoms with Crippen LogP contribution < -0.4 is 9.64 Å². The van der Waals surface area contributed by atoms with Gasteiger partial charge in [-0.25, -0.2) is 9.78 Å². The first-order chi connectivity index (χ1) is 15.1. The Morgan fingerprint density at radius 2 is 1.77 bits per heavy atom. The van der Waals surface area contributed by atoms with Crippen molar-refractivity contribution in [3.8, 4) is 5.75 Å². The molecule has 0 spiro atoms. The fourth-order valence-electron chi connectivity index (χ4n) is 3.61. The third-order valence-electron chi connectivity index (χ3n) is 5.47. The number of carbonyl (C=O) groups excluding carboxylic acids is 1. The number of benzene rings is 1. The Bertz CT molecular complexity index is 1020. The first-order valence-electron chi connectivity index (χ1n) is 10.4. The van der Waals surface area contributed by atoms with Crippen LogP contribution in [0.5, 0.6) is 5.75 Å². The number of amides is 1. The van der Waals surface area contributed by atoms with E-state index in [-0.39, 0.29) is 6.09 Å². The van der Waals surface area contributed by atoms with Crippen molar-refractivity contribution in [2.75, 3.05) is 31.1 Å². The number of nitrogens with zero attached hydrogens (tertiary/aromatic N) is 4. The van der Waals surface area contributed by atoms with E-state index >= 15 is 0 Å². The molecule has 0 radical (unpaired) electrons. The minimum Gasteiger partial charge on any atom is -0.410 e. The lowest BCUT2D eigenvalue weighted by molar-refractivity contribution is 0.149. The number of aromatic nitrogens is 2. The van der Waals surface area contributed by atoms with Crippen LogP contribution in [0.15, 0.2) is 60.9 Å². The molecule has 0 N–H and O–H groups in total. The van der Waals surface area contributed by atoms with Crippen molar-refractivity contribution in [3.05, 3.63) is 82.8 Å². The van der Waals surface area contributed by atoms with E-state index in [0.29, 0.717) is 37.0 Å². The van der Waals surface area contributed by atoms with Crippen LogP contribution in [0.3, 0.4) is 0 Å². The van der Waals surface area contributed by atoms with Crippen LogP contribution in [0, 0.1) is 6.92 Å². The van der Waals surface area contributed by atoms with Crippen LogP contribution in [0.4, 0.5) is 10.6 Å². The van der Waals surface area contributed by atoms with Gasteiger partial charge in [-0.3, -0.25) is 4.98 Å². The number of piperazine rings is 1. The van der Waals surface area contributed by atoms with E-state index in [9.17, 15) is 4.79 Å². The summed E-state index contributed by atoms with van der Waals surface area (Å²) in [6.07, 6.45) is 4.93. The number of halogens is 1. The molecule has 1 aliphatic heterocycles. The fourth-order valence-corrected chi connectivity index (χ4v) is 3.72. The van der Waals surface area contributed by atoms with E-state index < -0.39 is 0 Å². The second kappa shape index (κ2) is 9.79. The molecule has 7 heteroatoms.